The highest BCUT2D eigenvalue weighted by atomic mass is 16.6. The first-order valence-corrected chi connectivity index (χ1v) is 5.15. The van der Waals surface area contributed by atoms with Gasteiger partial charge in [0.25, 0.3) is 0 Å². The van der Waals surface area contributed by atoms with Gasteiger partial charge in [-0.25, -0.2) is 0 Å². The Labute approximate surface area is 89.7 Å². The van der Waals surface area contributed by atoms with Crippen molar-refractivity contribution in [3.05, 3.63) is 35.9 Å². The van der Waals surface area contributed by atoms with Crippen LogP contribution in [0.15, 0.2) is 30.3 Å². The van der Waals surface area contributed by atoms with Gasteiger partial charge in [0.15, 0.2) is 6.23 Å². The molecular weight excluding hydrogens is 190 g/mol. The number of rotatable bonds is 2. The summed E-state index contributed by atoms with van der Waals surface area (Å²) in [5, 5.41) is 0. The maximum atomic E-state index is 11.5. The number of benzene rings is 1. The molecule has 0 radical (unpaired) electrons. The summed E-state index contributed by atoms with van der Waals surface area (Å²) >= 11 is 0. The van der Waals surface area contributed by atoms with Crippen molar-refractivity contribution in [1.82, 2.24) is 4.90 Å². The minimum atomic E-state index is -0.137. The topological polar surface area (TPSA) is 29.5 Å². The van der Waals surface area contributed by atoms with Crippen LogP contribution in [-0.2, 0) is 16.0 Å². The van der Waals surface area contributed by atoms with E-state index in [4.69, 9.17) is 4.74 Å². The maximum Gasteiger partial charge on any atom is 0.325 e. The largest absolute Gasteiger partial charge is 0.445 e. The second-order valence-electron chi connectivity index (χ2n) is 3.91. The lowest BCUT2D eigenvalue weighted by atomic mass is 10.1. The number of likely N-dealkylation sites (N-methyl/N-ethyl adjacent to an activating group) is 1. The van der Waals surface area contributed by atoms with Gasteiger partial charge in [0.2, 0.25) is 0 Å². The SMILES string of the molecule is CC1OC(=O)C(Cc2ccccc2)N1C. The summed E-state index contributed by atoms with van der Waals surface area (Å²) in [6.07, 6.45) is 0.617. The number of carbonyl (C=O) groups is 1. The monoisotopic (exact) mass is 205 g/mol. The second kappa shape index (κ2) is 4.03. The van der Waals surface area contributed by atoms with E-state index in [2.05, 4.69) is 0 Å². The number of cyclic esters (lactones) is 1. The number of nitrogens with zero attached hydrogens (tertiary/aromatic N) is 1. The fourth-order valence-corrected chi connectivity index (χ4v) is 1.81. The lowest BCUT2D eigenvalue weighted by Crippen LogP contribution is -2.34. The van der Waals surface area contributed by atoms with Crippen molar-refractivity contribution in [2.45, 2.75) is 25.6 Å². The van der Waals surface area contributed by atoms with E-state index in [1.165, 1.54) is 5.56 Å². The predicted molar refractivity (Wildman–Crippen MR) is 57.3 cm³/mol. The van der Waals surface area contributed by atoms with Crippen molar-refractivity contribution in [2.24, 2.45) is 0 Å². The van der Waals surface area contributed by atoms with Crippen LogP contribution in [0.25, 0.3) is 0 Å². The molecule has 0 aromatic heterocycles. The summed E-state index contributed by atoms with van der Waals surface area (Å²) in [7, 11) is 1.92. The first-order chi connectivity index (χ1) is 7.18. The Balaban J connectivity index is 2.09. The van der Waals surface area contributed by atoms with E-state index < -0.39 is 0 Å². The predicted octanol–water partition coefficient (Wildman–Crippen LogP) is 1.43. The zero-order valence-corrected chi connectivity index (χ0v) is 9.01. The highest BCUT2D eigenvalue weighted by Gasteiger charge is 2.36. The van der Waals surface area contributed by atoms with Crippen LogP contribution in [0.2, 0.25) is 0 Å². The summed E-state index contributed by atoms with van der Waals surface area (Å²) in [5.74, 6) is -0.117. The van der Waals surface area contributed by atoms with Crippen molar-refractivity contribution in [2.75, 3.05) is 7.05 Å². The van der Waals surface area contributed by atoms with Crippen LogP contribution in [-0.4, -0.2) is 30.2 Å². The molecule has 0 saturated carbocycles. The van der Waals surface area contributed by atoms with Gasteiger partial charge in [0, 0.05) is 0 Å². The molecule has 1 aliphatic rings. The molecule has 1 saturated heterocycles. The second-order valence-corrected chi connectivity index (χ2v) is 3.91. The van der Waals surface area contributed by atoms with E-state index in [0.717, 1.165) is 6.42 Å². The average molecular weight is 205 g/mol. The Hall–Kier alpha value is -1.35. The third-order valence-corrected chi connectivity index (χ3v) is 2.90. The van der Waals surface area contributed by atoms with Crippen LogP contribution >= 0.6 is 0 Å². The van der Waals surface area contributed by atoms with E-state index in [-0.39, 0.29) is 18.2 Å². The summed E-state index contributed by atoms with van der Waals surface area (Å²) < 4.78 is 5.15. The van der Waals surface area contributed by atoms with Crippen molar-refractivity contribution in [1.29, 1.82) is 0 Å². The zero-order chi connectivity index (χ0) is 10.8. The lowest BCUT2D eigenvalue weighted by molar-refractivity contribution is -0.142. The van der Waals surface area contributed by atoms with Gasteiger partial charge in [-0.15, -0.1) is 0 Å². The highest BCUT2D eigenvalue weighted by Crippen LogP contribution is 2.19. The fourth-order valence-electron chi connectivity index (χ4n) is 1.81. The minimum absolute atomic E-state index is 0.105. The first-order valence-electron chi connectivity index (χ1n) is 5.15. The maximum absolute atomic E-state index is 11.5. The number of esters is 1. The third-order valence-electron chi connectivity index (χ3n) is 2.90. The zero-order valence-electron chi connectivity index (χ0n) is 9.01. The number of carbonyl (C=O) groups excluding carboxylic acids is 1. The van der Waals surface area contributed by atoms with E-state index >= 15 is 0 Å². The number of hydrogen-bond acceptors (Lipinski definition) is 3. The molecule has 2 unspecified atom stereocenters. The van der Waals surface area contributed by atoms with Gasteiger partial charge in [0.1, 0.15) is 6.04 Å². The van der Waals surface area contributed by atoms with Crippen molar-refractivity contribution >= 4 is 5.97 Å². The summed E-state index contributed by atoms with van der Waals surface area (Å²) in [5.41, 5.74) is 1.17. The molecule has 1 aromatic rings. The van der Waals surface area contributed by atoms with Crippen LogP contribution in [0.5, 0.6) is 0 Å². The van der Waals surface area contributed by atoms with Gasteiger partial charge in [-0.05, 0) is 26.0 Å². The van der Waals surface area contributed by atoms with Crippen LogP contribution in [0, 0.1) is 0 Å². The van der Waals surface area contributed by atoms with E-state index in [9.17, 15) is 4.79 Å². The summed E-state index contributed by atoms with van der Waals surface area (Å²) in [6, 6.07) is 9.87. The smallest absolute Gasteiger partial charge is 0.325 e. The van der Waals surface area contributed by atoms with Crippen molar-refractivity contribution in [3.8, 4) is 0 Å². The van der Waals surface area contributed by atoms with Gasteiger partial charge < -0.3 is 4.74 Å². The molecule has 0 bridgehead atoms. The Morgan fingerprint density at radius 3 is 2.53 bits per heavy atom. The summed E-state index contributed by atoms with van der Waals surface area (Å²) in [4.78, 5) is 13.5. The van der Waals surface area contributed by atoms with Gasteiger partial charge in [-0.3, -0.25) is 9.69 Å². The normalized spacial score (nSPS) is 26.7. The first kappa shape index (κ1) is 10.2. The number of hydrogen-bond donors (Lipinski definition) is 0. The van der Waals surface area contributed by atoms with Gasteiger partial charge in [-0.1, -0.05) is 30.3 Å². The molecule has 1 fully saturated rings. The molecule has 1 heterocycles. The molecule has 0 N–H and O–H groups in total. The molecule has 80 valence electrons. The molecule has 0 amide bonds. The van der Waals surface area contributed by atoms with Crippen molar-refractivity contribution in [3.63, 3.8) is 0 Å². The summed E-state index contributed by atoms with van der Waals surface area (Å²) in [6.45, 7) is 1.89. The molecule has 0 aliphatic carbocycles. The molecule has 1 aromatic carbocycles. The van der Waals surface area contributed by atoms with Crippen LogP contribution in [0.4, 0.5) is 0 Å². The Bertz CT molecular complexity index is 350. The van der Waals surface area contributed by atoms with Crippen LogP contribution in [0.1, 0.15) is 12.5 Å². The average Bonchev–Trinajstić information content (AvgIpc) is 2.47. The minimum Gasteiger partial charge on any atom is -0.445 e. The van der Waals surface area contributed by atoms with Crippen LogP contribution < -0.4 is 0 Å². The van der Waals surface area contributed by atoms with Crippen LogP contribution in [0.3, 0.4) is 0 Å². The third kappa shape index (κ3) is 2.02. The van der Waals surface area contributed by atoms with Gasteiger partial charge >= 0.3 is 5.97 Å². The number of ether oxygens (including phenoxy) is 1. The van der Waals surface area contributed by atoms with E-state index in [0.29, 0.717) is 0 Å². The molecular formula is C12H15NO2. The molecule has 0 spiro atoms. The Kier molecular flexibility index (Phi) is 2.73. The van der Waals surface area contributed by atoms with E-state index in [1.807, 2.05) is 49.2 Å². The highest BCUT2D eigenvalue weighted by molar-refractivity contribution is 5.78. The molecule has 15 heavy (non-hydrogen) atoms. The van der Waals surface area contributed by atoms with Gasteiger partial charge in [0.05, 0.1) is 0 Å². The Morgan fingerprint density at radius 2 is 2.00 bits per heavy atom. The molecule has 2 rings (SSSR count). The molecule has 2 atom stereocenters. The van der Waals surface area contributed by atoms with Crippen molar-refractivity contribution < 1.29 is 9.53 Å². The Morgan fingerprint density at radius 1 is 1.33 bits per heavy atom. The lowest BCUT2D eigenvalue weighted by Gasteiger charge is -2.17. The molecule has 1 aliphatic heterocycles. The standard InChI is InChI=1S/C12H15NO2/c1-9-13(2)11(12(14)15-9)8-10-6-4-3-5-7-10/h3-7,9,11H,8H2,1-2H3. The fraction of sp³-hybridized carbons (Fsp3) is 0.417. The quantitative estimate of drug-likeness (QED) is 0.684. The van der Waals surface area contributed by atoms with E-state index in [1.54, 1.807) is 0 Å². The molecule has 3 heteroatoms. The molecule has 3 nitrogen and oxygen atoms in total. The van der Waals surface area contributed by atoms with Gasteiger partial charge in [-0.2, -0.15) is 0 Å².